The molecule has 0 radical (unpaired) electrons. The van der Waals surface area contributed by atoms with Crippen molar-refractivity contribution < 1.29 is 19.1 Å². The van der Waals surface area contributed by atoms with E-state index in [2.05, 4.69) is 5.32 Å². The number of hydrogen-bond acceptors (Lipinski definition) is 4. The number of carbonyl (C=O) groups excluding carboxylic acids is 2. The highest BCUT2D eigenvalue weighted by Crippen LogP contribution is 2.31. The Balaban J connectivity index is 2.50. The zero-order valence-electron chi connectivity index (χ0n) is 11.4. The third-order valence-corrected chi connectivity index (χ3v) is 3.40. The molecule has 1 saturated heterocycles. The summed E-state index contributed by atoms with van der Waals surface area (Å²) < 4.78 is 13.9. The zero-order valence-corrected chi connectivity index (χ0v) is 11.4. The van der Waals surface area contributed by atoms with E-state index in [1.165, 1.54) is 19.1 Å². The van der Waals surface area contributed by atoms with Gasteiger partial charge in [-0.2, -0.15) is 0 Å². The summed E-state index contributed by atoms with van der Waals surface area (Å²) in [5, 5.41) is 12.0. The Morgan fingerprint density at radius 2 is 2.20 bits per heavy atom. The molecule has 1 heterocycles. The summed E-state index contributed by atoms with van der Waals surface area (Å²) in [7, 11) is 0. The van der Waals surface area contributed by atoms with E-state index in [0.717, 1.165) is 0 Å². The first-order valence-electron chi connectivity index (χ1n) is 6.52. The molecular formula is C14H17FN2O3. The lowest BCUT2D eigenvalue weighted by atomic mass is 10.0. The third kappa shape index (κ3) is 2.51. The number of benzene rings is 1. The molecule has 2 rings (SSSR count). The first-order valence-corrected chi connectivity index (χ1v) is 6.52. The summed E-state index contributed by atoms with van der Waals surface area (Å²) in [6.45, 7) is 3.23. The summed E-state index contributed by atoms with van der Waals surface area (Å²) in [5.74, 6) is -1.38. The van der Waals surface area contributed by atoms with E-state index in [0.29, 0.717) is 12.1 Å². The van der Waals surface area contributed by atoms with Crippen molar-refractivity contribution in [2.24, 2.45) is 0 Å². The molecule has 6 heteroatoms. The van der Waals surface area contributed by atoms with Crippen LogP contribution in [0.25, 0.3) is 0 Å². The summed E-state index contributed by atoms with van der Waals surface area (Å²) in [6, 6.07) is 3.81. The normalized spacial score (nSPS) is 20.8. The second kappa shape index (κ2) is 5.58. The number of nitrogens with one attached hydrogen (secondary N) is 1. The summed E-state index contributed by atoms with van der Waals surface area (Å²) >= 11 is 0. The van der Waals surface area contributed by atoms with Gasteiger partial charge in [0.1, 0.15) is 11.9 Å². The maximum atomic E-state index is 13.9. The van der Waals surface area contributed by atoms with Crippen molar-refractivity contribution in [1.82, 2.24) is 5.32 Å². The highest BCUT2D eigenvalue weighted by atomic mass is 19.1. The monoisotopic (exact) mass is 280 g/mol. The van der Waals surface area contributed by atoms with Crippen LogP contribution in [0.4, 0.5) is 10.1 Å². The van der Waals surface area contributed by atoms with Gasteiger partial charge in [0.15, 0.2) is 0 Å². The van der Waals surface area contributed by atoms with Gasteiger partial charge in [0, 0.05) is 11.3 Å². The molecule has 1 fully saturated rings. The maximum Gasteiger partial charge on any atom is 0.249 e. The average molecular weight is 280 g/mol. The van der Waals surface area contributed by atoms with Crippen molar-refractivity contribution >= 4 is 17.5 Å². The molecule has 0 bridgehead atoms. The first-order chi connectivity index (χ1) is 9.45. The third-order valence-electron chi connectivity index (χ3n) is 3.40. The Hall–Kier alpha value is -1.95. The molecule has 20 heavy (non-hydrogen) atoms. The molecule has 0 aliphatic carbocycles. The fraction of sp³-hybridized carbons (Fsp3) is 0.429. The Bertz CT molecular complexity index is 545. The van der Waals surface area contributed by atoms with Crippen LogP contribution in [0.15, 0.2) is 18.2 Å². The Labute approximate surface area is 116 Å². The molecule has 108 valence electrons. The molecule has 1 aromatic rings. The quantitative estimate of drug-likeness (QED) is 0.814. The molecule has 2 N–H and O–H groups in total. The van der Waals surface area contributed by atoms with Gasteiger partial charge in [-0.3, -0.25) is 14.9 Å². The lowest BCUT2D eigenvalue weighted by molar-refractivity contribution is -0.132. The molecule has 0 aromatic heterocycles. The number of aliphatic hydroxyl groups is 1. The lowest BCUT2D eigenvalue weighted by Crippen LogP contribution is -2.58. The molecule has 0 spiro atoms. The van der Waals surface area contributed by atoms with Gasteiger partial charge < -0.3 is 10.0 Å². The molecule has 1 aromatic carbocycles. The minimum absolute atomic E-state index is 0.0343. The number of hydrogen-bond donors (Lipinski definition) is 2. The summed E-state index contributed by atoms with van der Waals surface area (Å²) in [6.07, 6.45) is -0.543. The summed E-state index contributed by atoms with van der Waals surface area (Å²) in [4.78, 5) is 25.0. The first kappa shape index (κ1) is 14.5. The minimum Gasteiger partial charge on any atom is -0.389 e. The second-order valence-corrected chi connectivity index (χ2v) is 4.81. The van der Waals surface area contributed by atoms with E-state index in [1.54, 1.807) is 11.0 Å². The molecule has 2 amide bonds. The Morgan fingerprint density at radius 1 is 1.50 bits per heavy atom. The van der Waals surface area contributed by atoms with E-state index in [1.807, 2.05) is 6.92 Å². The number of piperazine rings is 1. The standard InChI is InChI=1S/C14H17FN2O3/c1-3-10-14(20)16-12(19)7-17(10)11-6-4-5-9(15)13(11)8(2)18/h4-6,8,10,18H,3,7H2,1-2H3,(H,16,19,20). The zero-order chi connectivity index (χ0) is 14.9. The van der Waals surface area contributed by atoms with Crippen LogP contribution in [-0.4, -0.2) is 29.5 Å². The van der Waals surface area contributed by atoms with Gasteiger partial charge in [0.25, 0.3) is 0 Å². The Morgan fingerprint density at radius 3 is 2.80 bits per heavy atom. The minimum atomic E-state index is -1.02. The number of nitrogens with zero attached hydrogens (tertiary/aromatic N) is 1. The van der Waals surface area contributed by atoms with Crippen molar-refractivity contribution in [2.45, 2.75) is 32.4 Å². The smallest absolute Gasteiger partial charge is 0.249 e. The fourth-order valence-electron chi connectivity index (χ4n) is 2.52. The molecule has 2 atom stereocenters. The van der Waals surface area contributed by atoms with Crippen molar-refractivity contribution in [1.29, 1.82) is 0 Å². The van der Waals surface area contributed by atoms with Gasteiger partial charge in [0.2, 0.25) is 11.8 Å². The number of imide groups is 1. The van der Waals surface area contributed by atoms with E-state index in [4.69, 9.17) is 0 Å². The van der Waals surface area contributed by atoms with Crippen molar-refractivity contribution in [3.8, 4) is 0 Å². The highest BCUT2D eigenvalue weighted by Gasteiger charge is 2.34. The summed E-state index contributed by atoms with van der Waals surface area (Å²) in [5.41, 5.74) is 0.489. The van der Waals surface area contributed by atoms with Crippen LogP contribution in [0.3, 0.4) is 0 Å². The molecular weight excluding hydrogens is 263 g/mol. The number of carbonyl (C=O) groups is 2. The van der Waals surface area contributed by atoms with Gasteiger partial charge in [-0.05, 0) is 25.5 Å². The fourth-order valence-corrected chi connectivity index (χ4v) is 2.52. The van der Waals surface area contributed by atoms with E-state index >= 15 is 0 Å². The number of aliphatic hydroxyl groups excluding tert-OH is 1. The van der Waals surface area contributed by atoms with Crippen LogP contribution in [0.5, 0.6) is 0 Å². The van der Waals surface area contributed by atoms with Crippen LogP contribution in [0.2, 0.25) is 0 Å². The number of halogens is 1. The second-order valence-electron chi connectivity index (χ2n) is 4.81. The van der Waals surface area contributed by atoms with Gasteiger partial charge in [0.05, 0.1) is 12.6 Å². The topological polar surface area (TPSA) is 69.6 Å². The van der Waals surface area contributed by atoms with E-state index in [-0.39, 0.29) is 12.1 Å². The van der Waals surface area contributed by atoms with E-state index in [9.17, 15) is 19.1 Å². The van der Waals surface area contributed by atoms with Gasteiger partial charge in [-0.25, -0.2) is 4.39 Å². The van der Waals surface area contributed by atoms with Crippen molar-refractivity contribution in [3.05, 3.63) is 29.6 Å². The van der Waals surface area contributed by atoms with Crippen LogP contribution in [-0.2, 0) is 9.59 Å². The van der Waals surface area contributed by atoms with Crippen LogP contribution >= 0.6 is 0 Å². The number of anilines is 1. The van der Waals surface area contributed by atoms with Crippen LogP contribution in [0.1, 0.15) is 31.9 Å². The highest BCUT2D eigenvalue weighted by molar-refractivity contribution is 6.04. The van der Waals surface area contributed by atoms with Gasteiger partial charge >= 0.3 is 0 Å². The predicted octanol–water partition coefficient (Wildman–Crippen LogP) is 1.12. The van der Waals surface area contributed by atoms with Crippen LogP contribution < -0.4 is 10.2 Å². The lowest BCUT2D eigenvalue weighted by Gasteiger charge is -2.36. The molecule has 5 nitrogen and oxygen atoms in total. The van der Waals surface area contributed by atoms with E-state index < -0.39 is 29.8 Å². The average Bonchev–Trinajstić information content (AvgIpc) is 2.37. The molecule has 0 saturated carbocycles. The molecule has 1 aliphatic heterocycles. The molecule has 2 unspecified atom stereocenters. The number of amides is 2. The largest absolute Gasteiger partial charge is 0.389 e. The van der Waals surface area contributed by atoms with Crippen LogP contribution in [0, 0.1) is 5.82 Å². The van der Waals surface area contributed by atoms with Crippen molar-refractivity contribution in [3.63, 3.8) is 0 Å². The maximum absolute atomic E-state index is 13.9. The Kier molecular flexibility index (Phi) is 4.04. The predicted molar refractivity (Wildman–Crippen MR) is 71.6 cm³/mol. The van der Waals surface area contributed by atoms with Crippen molar-refractivity contribution in [2.75, 3.05) is 11.4 Å². The molecule has 1 aliphatic rings. The van der Waals surface area contributed by atoms with Gasteiger partial charge in [-0.1, -0.05) is 13.0 Å². The number of rotatable bonds is 3. The SMILES string of the molecule is CCC1C(=O)NC(=O)CN1c1cccc(F)c1C(C)O. The van der Waals surface area contributed by atoms with Gasteiger partial charge in [-0.15, -0.1) is 0 Å².